The van der Waals surface area contributed by atoms with Crippen molar-refractivity contribution in [2.75, 3.05) is 32.8 Å². The van der Waals surface area contributed by atoms with Crippen molar-refractivity contribution in [3.05, 3.63) is 71.0 Å². The summed E-state index contributed by atoms with van der Waals surface area (Å²) in [5.41, 5.74) is 3.42. The molecule has 28 heavy (non-hydrogen) atoms. The Balaban J connectivity index is 1.62. The Hall–Kier alpha value is -2.44. The van der Waals surface area contributed by atoms with Crippen LogP contribution in [0.3, 0.4) is 0 Å². The van der Waals surface area contributed by atoms with Gasteiger partial charge in [-0.3, -0.25) is 4.90 Å². The summed E-state index contributed by atoms with van der Waals surface area (Å²) in [6.45, 7) is 8.40. The topological polar surface area (TPSA) is 48.9 Å². The molecule has 1 fully saturated rings. The van der Waals surface area contributed by atoms with Crippen molar-refractivity contribution in [2.45, 2.75) is 26.6 Å². The van der Waals surface area contributed by atoms with Crippen molar-refractivity contribution in [3.8, 4) is 0 Å². The number of nitrogens with one attached hydrogen (secondary N) is 2. The van der Waals surface area contributed by atoms with E-state index in [-0.39, 0.29) is 5.82 Å². The van der Waals surface area contributed by atoms with E-state index in [1.165, 1.54) is 23.3 Å². The fourth-order valence-corrected chi connectivity index (χ4v) is 3.21. The second-order valence-electron chi connectivity index (χ2n) is 6.84. The number of nitrogens with zero attached hydrogens (tertiary/aromatic N) is 2. The quantitative estimate of drug-likeness (QED) is 0.569. The van der Waals surface area contributed by atoms with Gasteiger partial charge in [0.2, 0.25) is 0 Å². The SMILES string of the molecule is CCNC(=NCc1cccc(F)c1)NCc1ccccc1CN1CCOCC1. The molecular weight excluding hydrogens is 355 g/mol. The molecule has 150 valence electrons. The normalized spacial score (nSPS) is 15.4. The minimum Gasteiger partial charge on any atom is -0.379 e. The molecule has 5 nitrogen and oxygen atoms in total. The lowest BCUT2D eigenvalue weighted by Crippen LogP contribution is -2.38. The van der Waals surface area contributed by atoms with E-state index in [4.69, 9.17) is 4.74 Å². The van der Waals surface area contributed by atoms with Crippen molar-refractivity contribution in [2.24, 2.45) is 4.99 Å². The van der Waals surface area contributed by atoms with E-state index in [1.807, 2.05) is 13.0 Å². The van der Waals surface area contributed by atoms with Gasteiger partial charge in [0.25, 0.3) is 0 Å². The van der Waals surface area contributed by atoms with Crippen molar-refractivity contribution in [1.82, 2.24) is 15.5 Å². The Morgan fingerprint density at radius 3 is 2.61 bits per heavy atom. The average Bonchev–Trinajstić information content (AvgIpc) is 2.72. The minimum absolute atomic E-state index is 0.234. The maximum absolute atomic E-state index is 13.4. The Bertz CT molecular complexity index is 775. The molecule has 0 spiro atoms. The highest BCUT2D eigenvalue weighted by Gasteiger charge is 2.12. The maximum Gasteiger partial charge on any atom is 0.191 e. The predicted molar refractivity (Wildman–Crippen MR) is 111 cm³/mol. The Labute approximate surface area is 166 Å². The van der Waals surface area contributed by atoms with Gasteiger partial charge in [0, 0.05) is 32.7 Å². The molecule has 0 saturated carbocycles. The van der Waals surface area contributed by atoms with Gasteiger partial charge in [-0.15, -0.1) is 0 Å². The number of rotatable bonds is 7. The smallest absolute Gasteiger partial charge is 0.191 e. The van der Waals surface area contributed by atoms with Crippen LogP contribution >= 0.6 is 0 Å². The van der Waals surface area contributed by atoms with Crippen LogP contribution in [0.25, 0.3) is 0 Å². The monoisotopic (exact) mass is 384 g/mol. The third-order valence-electron chi connectivity index (χ3n) is 4.72. The molecule has 2 aromatic rings. The third-order valence-corrected chi connectivity index (χ3v) is 4.72. The number of aliphatic imine (C=N–C) groups is 1. The van der Waals surface area contributed by atoms with Crippen molar-refractivity contribution in [1.29, 1.82) is 0 Å². The Kier molecular flexibility index (Phi) is 7.82. The van der Waals surface area contributed by atoms with Crippen molar-refractivity contribution >= 4 is 5.96 Å². The Morgan fingerprint density at radius 2 is 1.86 bits per heavy atom. The van der Waals surface area contributed by atoms with E-state index in [0.29, 0.717) is 13.1 Å². The molecule has 0 unspecified atom stereocenters. The highest BCUT2D eigenvalue weighted by molar-refractivity contribution is 5.79. The molecule has 0 radical (unpaired) electrons. The molecule has 0 aliphatic carbocycles. The summed E-state index contributed by atoms with van der Waals surface area (Å²) in [6, 6.07) is 15.0. The molecule has 6 heteroatoms. The molecule has 3 rings (SSSR count). The van der Waals surface area contributed by atoms with E-state index in [9.17, 15) is 4.39 Å². The van der Waals surface area contributed by atoms with Crippen LogP contribution in [-0.4, -0.2) is 43.7 Å². The molecule has 0 amide bonds. The first-order valence-corrected chi connectivity index (χ1v) is 9.88. The van der Waals surface area contributed by atoms with E-state index in [1.54, 1.807) is 6.07 Å². The number of hydrogen-bond donors (Lipinski definition) is 2. The summed E-state index contributed by atoms with van der Waals surface area (Å²) in [7, 11) is 0. The zero-order valence-corrected chi connectivity index (χ0v) is 16.5. The van der Waals surface area contributed by atoms with Crippen molar-refractivity contribution < 1.29 is 9.13 Å². The fraction of sp³-hybridized carbons (Fsp3) is 0.409. The summed E-state index contributed by atoms with van der Waals surface area (Å²) >= 11 is 0. The van der Waals surface area contributed by atoms with Crippen LogP contribution in [0.1, 0.15) is 23.6 Å². The number of hydrogen-bond acceptors (Lipinski definition) is 3. The van der Waals surface area contributed by atoms with Gasteiger partial charge in [-0.05, 0) is 35.7 Å². The molecule has 1 aliphatic rings. The number of guanidine groups is 1. The van der Waals surface area contributed by atoms with Crippen LogP contribution in [0.5, 0.6) is 0 Å². The van der Waals surface area contributed by atoms with Gasteiger partial charge in [-0.25, -0.2) is 9.38 Å². The summed E-state index contributed by atoms with van der Waals surface area (Å²) in [4.78, 5) is 7.01. The Morgan fingerprint density at radius 1 is 1.07 bits per heavy atom. The largest absolute Gasteiger partial charge is 0.379 e. The van der Waals surface area contributed by atoms with Crippen LogP contribution in [0.15, 0.2) is 53.5 Å². The van der Waals surface area contributed by atoms with Crippen LogP contribution in [-0.2, 0) is 24.4 Å². The van der Waals surface area contributed by atoms with Crippen LogP contribution in [0.4, 0.5) is 4.39 Å². The first-order valence-electron chi connectivity index (χ1n) is 9.88. The standard InChI is InChI=1S/C22H29FN4O/c1-2-24-22(25-15-18-6-5-9-21(23)14-18)26-16-19-7-3-4-8-20(19)17-27-10-12-28-13-11-27/h3-9,14H,2,10-13,15-17H2,1H3,(H2,24,25,26). The van der Waals surface area contributed by atoms with E-state index in [2.05, 4.69) is 44.8 Å². The summed E-state index contributed by atoms with van der Waals surface area (Å²) in [6.07, 6.45) is 0. The van der Waals surface area contributed by atoms with E-state index < -0.39 is 0 Å². The summed E-state index contributed by atoms with van der Waals surface area (Å²) in [5.74, 6) is 0.496. The summed E-state index contributed by atoms with van der Waals surface area (Å²) < 4.78 is 18.8. The van der Waals surface area contributed by atoms with Gasteiger partial charge < -0.3 is 15.4 Å². The second kappa shape index (κ2) is 10.8. The van der Waals surface area contributed by atoms with E-state index in [0.717, 1.165) is 50.9 Å². The summed E-state index contributed by atoms with van der Waals surface area (Å²) in [5, 5.41) is 6.66. The number of ether oxygens (including phenoxy) is 1. The molecule has 2 aromatic carbocycles. The van der Waals surface area contributed by atoms with Crippen LogP contribution < -0.4 is 10.6 Å². The van der Waals surface area contributed by atoms with Gasteiger partial charge in [0.15, 0.2) is 5.96 Å². The van der Waals surface area contributed by atoms with Crippen molar-refractivity contribution in [3.63, 3.8) is 0 Å². The van der Waals surface area contributed by atoms with Gasteiger partial charge in [0.05, 0.1) is 19.8 Å². The van der Waals surface area contributed by atoms with E-state index >= 15 is 0 Å². The maximum atomic E-state index is 13.4. The van der Waals surface area contributed by atoms with Crippen LogP contribution in [0.2, 0.25) is 0 Å². The zero-order chi connectivity index (χ0) is 19.6. The zero-order valence-electron chi connectivity index (χ0n) is 16.5. The molecule has 1 saturated heterocycles. The van der Waals surface area contributed by atoms with Gasteiger partial charge >= 0.3 is 0 Å². The van der Waals surface area contributed by atoms with Gasteiger partial charge in [-0.1, -0.05) is 36.4 Å². The first kappa shape index (κ1) is 20.3. The average molecular weight is 384 g/mol. The lowest BCUT2D eigenvalue weighted by molar-refractivity contribution is 0.0341. The first-order chi connectivity index (χ1) is 13.7. The minimum atomic E-state index is -0.234. The molecule has 0 atom stereocenters. The highest BCUT2D eigenvalue weighted by atomic mass is 19.1. The van der Waals surface area contributed by atoms with Gasteiger partial charge in [-0.2, -0.15) is 0 Å². The third kappa shape index (κ3) is 6.32. The fourth-order valence-electron chi connectivity index (χ4n) is 3.21. The second-order valence-corrected chi connectivity index (χ2v) is 6.84. The predicted octanol–water partition coefficient (Wildman–Crippen LogP) is 2.91. The van der Waals surface area contributed by atoms with Gasteiger partial charge in [0.1, 0.15) is 5.82 Å². The molecule has 0 aromatic heterocycles. The molecule has 1 heterocycles. The molecule has 1 aliphatic heterocycles. The van der Waals surface area contributed by atoms with Crippen LogP contribution in [0, 0.1) is 5.82 Å². The molecule has 2 N–H and O–H groups in total. The number of benzene rings is 2. The lowest BCUT2D eigenvalue weighted by atomic mass is 10.1. The number of morpholine rings is 1. The highest BCUT2D eigenvalue weighted by Crippen LogP contribution is 2.13. The molecular formula is C22H29FN4O. The lowest BCUT2D eigenvalue weighted by Gasteiger charge is -2.27. The molecule has 0 bridgehead atoms. The number of halogens is 1.